The molecule has 0 spiro atoms. The minimum atomic E-state index is -0.898. The van der Waals surface area contributed by atoms with Crippen LogP contribution in [-0.4, -0.2) is 52.4 Å². The number of carboxylic acids is 1. The van der Waals surface area contributed by atoms with Crippen LogP contribution in [0.4, 0.5) is 0 Å². The number of thioether (sulfide) groups is 1. The summed E-state index contributed by atoms with van der Waals surface area (Å²) < 4.78 is 11.6. The van der Waals surface area contributed by atoms with E-state index in [1.807, 2.05) is 0 Å². The van der Waals surface area contributed by atoms with E-state index in [1.54, 1.807) is 11.7 Å². The maximum Gasteiger partial charge on any atom is 0.317 e. The summed E-state index contributed by atoms with van der Waals surface area (Å²) in [6.07, 6.45) is 0. The number of aromatic nitrogens is 3. The third kappa shape index (κ3) is 3.38. The van der Waals surface area contributed by atoms with Crippen LogP contribution >= 0.6 is 11.8 Å². The zero-order chi connectivity index (χ0) is 12.0. The zero-order valence-electron chi connectivity index (χ0n) is 9.04. The van der Waals surface area contributed by atoms with Crippen LogP contribution in [0.5, 0.6) is 6.01 Å². The molecular weight excluding hydrogens is 234 g/mol. The van der Waals surface area contributed by atoms with Gasteiger partial charge < -0.3 is 14.6 Å². The van der Waals surface area contributed by atoms with Crippen LogP contribution in [0.1, 0.15) is 0 Å². The van der Waals surface area contributed by atoms with Crippen molar-refractivity contribution in [1.82, 2.24) is 14.8 Å². The molecule has 0 unspecified atom stereocenters. The molecule has 1 rings (SSSR count). The van der Waals surface area contributed by atoms with Crippen molar-refractivity contribution < 1.29 is 19.4 Å². The summed E-state index contributed by atoms with van der Waals surface area (Å²) in [4.78, 5) is 10.4. The van der Waals surface area contributed by atoms with Crippen LogP contribution in [0.15, 0.2) is 5.16 Å². The molecule has 0 aliphatic rings. The summed E-state index contributed by atoms with van der Waals surface area (Å²) in [5, 5.41) is 16.7. The maximum atomic E-state index is 10.4. The second-order valence-electron chi connectivity index (χ2n) is 2.80. The molecule has 1 aromatic heterocycles. The molecule has 1 heterocycles. The number of aliphatic carboxylic acids is 1. The van der Waals surface area contributed by atoms with E-state index in [4.69, 9.17) is 14.6 Å². The molecule has 0 radical (unpaired) electrons. The van der Waals surface area contributed by atoms with Crippen LogP contribution in [0, 0.1) is 0 Å². The van der Waals surface area contributed by atoms with Gasteiger partial charge in [0.1, 0.15) is 0 Å². The average Bonchev–Trinajstić information content (AvgIpc) is 2.65. The van der Waals surface area contributed by atoms with E-state index in [2.05, 4.69) is 10.2 Å². The van der Waals surface area contributed by atoms with E-state index in [0.29, 0.717) is 24.3 Å². The molecule has 0 aliphatic carbocycles. The van der Waals surface area contributed by atoms with Crippen LogP contribution in [0.3, 0.4) is 0 Å². The van der Waals surface area contributed by atoms with Gasteiger partial charge in [-0.05, 0) is 0 Å². The van der Waals surface area contributed by atoms with Gasteiger partial charge in [-0.2, -0.15) is 0 Å². The predicted molar refractivity (Wildman–Crippen MR) is 56.8 cm³/mol. The van der Waals surface area contributed by atoms with E-state index in [9.17, 15) is 4.79 Å². The number of nitrogens with zero attached hydrogens (tertiary/aromatic N) is 3. The minimum Gasteiger partial charge on any atom is -0.481 e. The second kappa shape index (κ2) is 6.33. The highest BCUT2D eigenvalue weighted by atomic mass is 32.2. The molecule has 7 nitrogen and oxygen atoms in total. The number of rotatable bonds is 7. The first-order valence-electron chi connectivity index (χ1n) is 4.49. The van der Waals surface area contributed by atoms with Crippen molar-refractivity contribution >= 4 is 17.7 Å². The Labute approximate surface area is 96.8 Å². The second-order valence-corrected chi connectivity index (χ2v) is 3.74. The fourth-order valence-electron chi connectivity index (χ4n) is 1.03. The Hall–Kier alpha value is -1.28. The van der Waals surface area contributed by atoms with Gasteiger partial charge in [0.2, 0.25) is 0 Å². The molecule has 1 N–H and O–H groups in total. The van der Waals surface area contributed by atoms with Crippen LogP contribution in [-0.2, 0) is 16.1 Å². The lowest BCUT2D eigenvalue weighted by molar-refractivity contribution is -0.133. The molecule has 8 heteroatoms. The Bertz CT molecular complexity index is 355. The van der Waals surface area contributed by atoms with Crippen molar-refractivity contribution in [2.45, 2.75) is 11.7 Å². The fourth-order valence-corrected chi connectivity index (χ4v) is 1.71. The summed E-state index contributed by atoms with van der Waals surface area (Å²) in [6, 6.07) is 0.352. The Kier molecular flexibility index (Phi) is 5.06. The van der Waals surface area contributed by atoms with Crippen LogP contribution < -0.4 is 4.74 Å². The topological polar surface area (TPSA) is 86.5 Å². The molecule has 0 fully saturated rings. The highest BCUT2D eigenvalue weighted by molar-refractivity contribution is 7.99. The van der Waals surface area contributed by atoms with Crippen molar-refractivity contribution in [1.29, 1.82) is 0 Å². The Morgan fingerprint density at radius 3 is 2.81 bits per heavy atom. The summed E-state index contributed by atoms with van der Waals surface area (Å²) in [5.74, 6) is -0.959. The average molecular weight is 247 g/mol. The number of hydrogen-bond acceptors (Lipinski definition) is 6. The number of ether oxygens (including phenoxy) is 2. The third-order valence-corrected chi connectivity index (χ3v) is 2.66. The highest BCUT2D eigenvalue weighted by Gasteiger charge is 2.13. The van der Waals surface area contributed by atoms with Crippen molar-refractivity contribution in [3.8, 4) is 6.01 Å². The molecule has 0 bridgehead atoms. The summed E-state index contributed by atoms with van der Waals surface area (Å²) >= 11 is 1.10. The third-order valence-electron chi connectivity index (χ3n) is 1.71. The first-order valence-corrected chi connectivity index (χ1v) is 5.48. The number of hydrogen-bond donors (Lipinski definition) is 1. The SMILES string of the molecule is COCCn1c(OC)nnc1SCC(=O)O. The van der Waals surface area contributed by atoms with Gasteiger partial charge in [-0.15, -0.1) is 5.10 Å². The fraction of sp³-hybridized carbons (Fsp3) is 0.625. The molecule has 0 saturated carbocycles. The lowest BCUT2D eigenvalue weighted by Crippen LogP contribution is -2.08. The molecule has 90 valence electrons. The zero-order valence-corrected chi connectivity index (χ0v) is 9.86. The van der Waals surface area contributed by atoms with E-state index in [1.165, 1.54) is 7.11 Å². The molecular formula is C8H13N3O4S. The first-order chi connectivity index (χ1) is 7.69. The number of methoxy groups -OCH3 is 2. The van der Waals surface area contributed by atoms with Crippen LogP contribution in [0.25, 0.3) is 0 Å². The largest absolute Gasteiger partial charge is 0.481 e. The lowest BCUT2D eigenvalue weighted by atomic mass is 10.7. The van der Waals surface area contributed by atoms with E-state index in [-0.39, 0.29) is 5.75 Å². The summed E-state index contributed by atoms with van der Waals surface area (Å²) in [7, 11) is 3.07. The van der Waals surface area contributed by atoms with Crippen molar-refractivity contribution in [3.05, 3.63) is 0 Å². The monoisotopic (exact) mass is 247 g/mol. The van der Waals surface area contributed by atoms with Crippen LogP contribution in [0.2, 0.25) is 0 Å². The standard InChI is InChI=1S/C8H13N3O4S/c1-14-4-3-11-7(15-2)9-10-8(11)16-5-6(12)13/h3-5H2,1-2H3,(H,12,13). The minimum absolute atomic E-state index is 0.0607. The maximum absolute atomic E-state index is 10.4. The molecule has 0 aromatic carbocycles. The molecule has 1 aromatic rings. The lowest BCUT2D eigenvalue weighted by Gasteiger charge is -2.07. The highest BCUT2D eigenvalue weighted by Crippen LogP contribution is 2.20. The Morgan fingerprint density at radius 2 is 2.25 bits per heavy atom. The van der Waals surface area contributed by atoms with E-state index < -0.39 is 5.97 Å². The number of carbonyl (C=O) groups is 1. The van der Waals surface area contributed by atoms with Gasteiger partial charge in [-0.3, -0.25) is 9.36 Å². The van der Waals surface area contributed by atoms with Gasteiger partial charge in [0, 0.05) is 7.11 Å². The summed E-state index contributed by atoms with van der Waals surface area (Å²) in [6.45, 7) is 1.00. The van der Waals surface area contributed by atoms with Gasteiger partial charge in [0.05, 0.1) is 26.0 Å². The molecule has 0 amide bonds. The molecule has 16 heavy (non-hydrogen) atoms. The van der Waals surface area contributed by atoms with E-state index >= 15 is 0 Å². The quantitative estimate of drug-likeness (QED) is 0.684. The predicted octanol–water partition coefficient (Wildman–Crippen LogP) is 0.110. The molecule has 0 saturated heterocycles. The first kappa shape index (κ1) is 12.8. The summed E-state index contributed by atoms with van der Waals surface area (Å²) in [5.41, 5.74) is 0. The van der Waals surface area contributed by atoms with Gasteiger partial charge >= 0.3 is 12.0 Å². The Balaban J connectivity index is 2.73. The van der Waals surface area contributed by atoms with E-state index in [0.717, 1.165) is 11.8 Å². The van der Waals surface area contributed by atoms with Crippen molar-refractivity contribution in [2.75, 3.05) is 26.6 Å². The Morgan fingerprint density at radius 1 is 1.50 bits per heavy atom. The van der Waals surface area contributed by atoms with Crippen molar-refractivity contribution in [3.63, 3.8) is 0 Å². The van der Waals surface area contributed by atoms with Gasteiger partial charge in [0.15, 0.2) is 5.16 Å². The molecule has 0 atom stereocenters. The van der Waals surface area contributed by atoms with Gasteiger partial charge in [-0.25, -0.2) is 0 Å². The van der Waals surface area contributed by atoms with Gasteiger partial charge in [0.25, 0.3) is 0 Å². The van der Waals surface area contributed by atoms with Gasteiger partial charge in [-0.1, -0.05) is 16.9 Å². The smallest absolute Gasteiger partial charge is 0.317 e. The normalized spacial score (nSPS) is 10.4. The number of carboxylic acid groups (broad SMARTS) is 1. The molecule has 0 aliphatic heterocycles. The van der Waals surface area contributed by atoms with Crippen molar-refractivity contribution in [2.24, 2.45) is 0 Å².